The Kier molecular flexibility index (Phi) is 4.28. The predicted octanol–water partition coefficient (Wildman–Crippen LogP) is 4.46. The van der Waals surface area contributed by atoms with Crippen molar-refractivity contribution >= 4 is 5.69 Å². The van der Waals surface area contributed by atoms with Gasteiger partial charge in [-0.15, -0.1) is 0 Å². The van der Waals surface area contributed by atoms with Crippen LogP contribution in [0.2, 0.25) is 0 Å². The molecule has 0 radical (unpaired) electrons. The van der Waals surface area contributed by atoms with Crippen molar-refractivity contribution in [3.63, 3.8) is 0 Å². The smallest absolute Gasteiger partial charge is 0.186 e. The summed E-state index contributed by atoms with van der Waals surface area (Å²) in [6.45, 7) is 6.49. The Morgan fingerprint density at radius 3 is 2.37 bits per heavy atom. The molecule has 3 unspecified atom stereocenters. The molecule has 1 N–H and O–H groups in total. The first-order valence-corrected chi connectivity index (χ1v) is 10.9. The molecule has 27 heavy (non-hydrogen) atoms. The van der Waals surface area contributed by atoms with Crippen molar-refractivity contribution in [2.24, 2.45) is 29.1 Å². The van der Waals surface area contributed by atoms with Crippen LogP contribution in [0, 0.1) is 34.9 Å². The number of benzene rings is 1. The number of hydrogen-bond acceptors (Lipinski definition) is 3. The van der Waals surface area contributed by atoms with Crippen LogP contribution in [-0.4, -0.2) is 35.5 Å². The SMILES string of the molecule is CC(C)CC12CC3CC(C1)C(N1CCN(c4ccc(F)cc4)C1O)C(C3)C2. The summed E-state index contributed by atoms with van der Waals surface area (Å²) in [6.07, 6.45) is 7.72. The van der Waals surface area contributed by atoms with E-state index in [0.717, 1.165) is 42.4 Å². The largest absolute Gasteiger partial charge is 0.361 e. The summed E-state index contributed by atoms with van der Waals surface area (Å²) < 4.78 is 13.3. The molecule has 0 aromatic heterocycles. The molecule has 3 nitrogen and oxygen atoms in total. The van der Waals surface area contributed by atoms with Gasteiger partial charge in [-0.3, -0.25) is 4.90 Å². The molecule has 0 spiro atoms. The molecule has 0 amide bonds. The maximum Gasteiger partial charge on any atom is 0.186 e. The first-order chi connectivity index (χ1) is 12.9. The zero-order valence-corrected chi connectivity index (χ0v) is 16.6. The van der Waals surface area contributed by atoms with Gasteiger partial charge in [0.1, 0.15) is 5.82 Å². The first-order valence-electron chi connectivity index (χ1n) is 10.9. The Bertz CT molecular complexity index is 670. The lowest BCUT2D eigenvalue weighted by molar-refractivity contribution is -0.142. The standard InChI is InChI=1S/C23H33FN2O/c1-15(2)11-23-12-16-9-17(13-23)21(18(10-16)14-23)26-8-7-25(22(26)27)20-5-3-19(24)4-6-20/h3-6,15-18,21-22,27H,7-14H2,1-2H3. The van der Waals surface area contributed by atoms with Crippen molar-refractivity contribution in [3.05, 3.63) is 30.1 Å². The highest BCUT2D eigenvalue weighted by Crippen LogP contribution is 2.63. The van der Waals surface area contributed by atoms with E-state index in [4.69, 9.17) is 0 Å². The Morgan fingerprint density at radius 1 is 1.07 bits per heavy atom. The van der Waals surface area contributed by atoms with E-state index in [1.807, 2.05) is 4.90 Å². The van der Waals surface area contributed by atoms with Crippen LogP contribution < -0.4 is 4.90 Å². The van der Waals surface area contributed by atoms with E-state index in [2.05, 4.69) is 18.7 Å². The molecule has 1 aliphatic heterocycles. The van der Waals surface area contributed by atoms with Crippen LogP contribution in [0.3, 0.4) is 0 Å². The average molecular weight is 373 g/mol. The molecule has 4 heteroatoms. The van der Waals surface area contributed by atoms with Crippen LogP contribution in [-0.2, 0) is 0 Å². The summed E-state index contributed by atoms with van der Waals surface area (Å²) in [5.41, 5.74) is 1.51. The van der Waals surface area contributed by atoms with Crippen LogP contribution in [0.25, 0.3) is 0 Å². The van der Waals surface area contributed by atoms with Crippen molar-refractivity contribution in [1.82, 2.24) is 4.90 Å². The molecule has 1 heterocycles. The number of aliphatic hydroxyl groups excluding tert-OH is 1. The Hall–Kier alpha value is -1.13. The zero-order chi connectivity index (χ0) is 18.8. The van der Waals surface area contributed by atoms with Gasteiger partial charge < -0.3 is 10.0 Å². The Balaban J connectivity index is 1.35. The summed E-state index contributed by atoms with van der Waals surface area (Å²) in [5, 5.41) is 11.1. The minimum absolute atomic E-state index is 0.221. The third kappa shape index (κ3) is 3.00. The van der Waals surface area contributed by atoms with Gasteiger partial charge in [-0.05, 0) is 91.9 Å². The molecule has 148 valence electrons. The van der Waals surface area contributed by atoms with Crippen LogP contribution in [0.4, 0.5) is 10.1 Å². The fourth-order valence-electron chi connectivity index (χ4n) is 7.65. The number of rotatable bonds is 4. The van der Waals surface area contributed by atoms with Gasteiger partial charge in [-0.1, -0.05) is 13.8 Å². The second-order valence-corrected chi connectivity index (χ2v) is 10.3. The summed E-state index contributed by atoms with van der Waals surface area (Å²) in [5.74, 6) is 2.98. The van der Waals surface area contributed by atoms with E-state index in [1.54, 1.807) is 12.1 Å². The number of nitrogens with zero attached hydrogens (tertiary/aromatic N) is 2. The minimum atomic E-state index is -0.570. The molecule has 5 aliphatic rings. The van der Waals surface area contributed by atoms with Gasteiger partial charge in [0, 0.05) is 24.8 Å². The van der Waals surface area contributed by atoms with Gasteiger partial charge in [-0.2, -0.15) is 0 Å². The predicted molar refractivity (Wildman–Crippen MR) is 106 cm³/mol. The molecule has 6 rings (SSSR count). The lowest BCUT2D eigenvalue weighted by atomic mass is 9.46. The summed E-state index contributed by atoms with van der Waals surface area (Å²) in [6, 6.07) is 7.09. The second-order valence-electron chi connectivity index (χ2n) is 10.3. The second kappa shape index (κ2) is 6.45. The highest BCUT2D eigenvalue weighted by atomic mass is 19.1. The normalized spacial score (nSPS) is 41.1. The van der Waals surface area contributed by atoms with Crippen LogP contribution in [0.5, 0.6) is 0 Å². The van der Waals surface area contributed by atoms with Crippen molar-refractivity contribution in [1.29, 1.82) is 0 Å². The highest BCUT2D eigenvalue weighted by molar-refractivity contribution is 5.47. The maximum atomic E-state index is 13.3. The number of aliphatic hydroxyl groups is 1. The van der Waals surface area contributed by atoms with Crippen molar-refractivity contribution < 1.29 is 9.50 Å². The van der Waals surface area contributed by atoms with Gasteiger partial charge >= 0.3 is 0 Å². The van der Waals surface area contributed by atoms with E-state index in [0.29, 0.717) is 11.5 Å². The van der Waals surface area contributed by atoms with Crippen molar-refractivity contribution in [3.8, 4) is 0 Å². The minimum Gasteiger partial charge on any atom is -0.361 e. The monoisotopic (exact) mass is 372 g/mol. The van der Waals surface area contributed by atoms with E-state index in [1.165, 1.54) is 50.7 Å². The van der Waals surface area contributed by atoms with Gasteiger partial charge in [0.05, 0.1) is 0 Å². The van der Waals surface area contributed by atoms with E-state index in [-0.39, 0.29) is 5.82 Å². The molecule has 1 aromatic rings. The number of hydrogen-bond donors (Lipinski definition) is 1. The summed E-state index contributed by atoms with van der Waals surface area (Å²) in [7, 11) is 0. The quantitative estimate of drug-likeness (QED) is 0.845. The summed E-state index contributed by atoms with van der Waals surface area (Å²) in [4.78, 5) is 4.41. The van der Waals surface area contributed by atoms with Crippen LogP contribution in [0.15, 0.2) is 24.3 Å². The fraction of sp³-hybridized carbons (Fsp3) is 0.739. The molecule has 3 atom stereocenters. The molecular formula is C23H33FN2O. The Labute approximate surface area is 162 Å². The molecule has 5 fully saturated rings. The van der Waals surface area contributed by atoms with E-state index >= 15 is 0 Å². The molecule has 4 saturated carbocycles. The van der Waals surface area contributed by atoms with Crippen LogP contribution in [0.1, 0.15) is 52.4 Å². The van der Waals surface area contributed by atoms with Gasteiger partial charge in [-0.25, -0.2) is 4.39 Å². The lowest BCUT2D eigenvalue weighted by Gasteiger charge is -2.62. The molecule has 1 saturated heterocycles. The molecule has 4 bridgehead atoms. The van der Waals surface area contributed by atoms with Crippen LogP contribution >= 0.6 is 0 Å². The van der Waals surface area contributed by atoms with Crippen molar-refractivity contribution in [2.75, 3.05) is 18.0 Å². The number of anilines is 1. The topological polar surface area (TPSA) is 26.7 Å². The van der Waals surface area contributed by atoms with Gasteiger partial charge in [0.2, 0.25) is 0 Å². The third-order valence-corrected chi connectivity index (χ3v) is 7.91. The van der Waals surface area contributed by atoms with E-state index < -0.39 is 6.35 Å². The zero-order valence-electron chi connectivity index (χ0n) is 16.6. The molecule has 1 aromatic carbocycles. The van der Waals surface area contributed by atoms with Gasteiger partial charge in [0.25, 0.3) is 0 Å². The fourth-order valence-corrected chi connectivity index (χ4v) is 7.65. The third-order valence-electron chi connectivity index (χ3n) is 7.91. The average Bonchev–Trinajstić information content (AvgIpc) is 2.95. The van der Waals surface area contributed by atoms with E-state index in [9.17, 15) is 9.50 Å². The maximum absolute atomic E-state index is 13.3. The van der Waals surface area contributed by atoms with Gasteiger partial charge in [0.15, 0.2) is 6.35 Å². The molecular weight excluding hydrogens is 339 g/mol. The lowest BCUT2D eigenvalue weighted by Crippen LogP contribution is -2.61. The first kappa shape index (κ1) is 17.9. The highest BCUT2D eigenvalue weighted by Gasteiger charge is 2.57. The van der Waals surface area contributed by atoms with Crippen molar-refractivity contribution in [2.45, 2.75) is 64.8 Å². The number of halogens is 1. The Morgan fingerprint density at radius 2 is 1.74 bits per heavy atom. The molecule has 4 aliphatic carbocycles. The summed E-state index contributed by atoms with van der Waals surface area (Å²) >= 11 is 0.